The van der Waals surface area contributed by atoms with Crippen LogP contribution in [0.2, 0.25) is 0 Å². The Morgan fingerprint density at radius 1 is 1.14 bits per heavy atom. The van der Waals surface area contributed by atoms with Crippen molar-refractivity contribution in [3.63, 3.8) is 0 Å². The maximum absolute atomic E-state index is 12.7. The number of carbonyl (C=O) groups excluding carboxylic acids is 2. The van der Waals surface area contributed by atoms with E-state index in [2.05, 4.69) is 0 Å². The second-order valence-electron chi connectivity index (χ2n) is 6.29. The molecule has 0 bridgehead atoms. The lowest BCUT2D eigenvalue weighted by Crippen LogP contribution is -2.30. The lowest BCUT2D eigenvalue weighted by atomic mass is 10.2. The van der Waals surface area contributed by atoms with Crippen LogP contribution in [0.3, 0.4) is 0 Å². The highest BCUT2D eigenvalue weighted by Crippen LogP contribution is 2.35. The molecule has 2 rings (SSSR count). The van der Waals surface area contributed by atoms with Gasteiger partial charge in [-0.25, -0.2) is 0 Å². The van der Waals surface area contributed by atoms with Crippen molar-refractivity contribution in [2.45, 2.75) is 40.0 Å². The third kappa shape index (κ3) is 6.75. The van der Waals surface area contributed by atoms with E-state index >= 15 is 0 Å². The standard InChI is InChI=1S/C21H27NO5S2/c1-4-11-26-16-8-7-15(13-17(16)25-6-3)14-18-20(24)22(21(28)29-18)10-9-19(23)27-12-5-2/h7-8,13-14H,4-6,9-12H2,1-3H3/b18-14-. The average Bonchev–Trinajstić information content (AvgIpc) is 2.97. The molecule has 0 saturated carbocycles. The number of hydrogen-bond acceptors (Lipinski definition) is 7. The number of carbonyl (C=O) groups is 2. The molecule has 0 spiro atoms. The Bertz CT molecular complexity index is 778. The summed E-state index contributed by atoms with van der Waals surface area (Å²) in [6, 6.07) is 5.57. The smallest absolute Gasteiger partial charge is 0.307 e. The Hall–Kier alpha value is -2.06. The summed E-state index contributed by atoms with van der Waals surface area (Å²) >= 11 is 6.54. The zero-order valence-electron chi connectivity index (χ0n) is 17.1. The summed E-state index contributed by atoms with van der Waals surface area (Å²) in [5.74, 6) is 0.800. The number of thioether (sulfide) groups is 1. The van der Waals surface area contributed by atoms with Crippen LogP contribution in [-0.4, -0.2) is 47.5 Å². The minimum absolute atomic E-state index is 0.123. The molecule has 29 heavy (non-hydrogen) atoms. The molecular weight excluding hydrogens is 410 g/mol. The van der Waals surface area contributed by atoms with E-state index in [1.807, 2.05) is 39.0 Å². The first-order valence-electron chi connectivity index (χ1n) is 9.80. The highest BCUT2D eigenvalue weighted by atomic mass is 32.2. The summed E-state index contributed by atoms with van der Waals surface area (Å²) < 4.78 is 16.9. The minimum Gasteiger partial charge on any atom is -0.490 e. The van der Waals surface area contributed by atoms with Gasteiger partial charge in [0.1, 0.15) is 4.32 Å². The van der Waals surface area contributed by atoms with Crippen molar-refractivity contribution in [1.29, 1.82) is 0 Å². The van der Waals surface area contributed by atoms with Crippen LogP contribution >= 0.6 is 24.0 Å². The first kappa shape index (κ1) is 23.2. The Morgan fingerprint density at radius 2 is 1.90 bits per heavy atom. The normalized spacial score (nSPS) is 15.1. The van der Waals surface area contributed by atoms with Crippen LogP contribution in [0.1, 0.15) is 45.6 Å². The van der Waals surface area contributed by atoms with Crippen LogP contribution in [0.15, 0.2) is 23.1 Å². The molecule has 1 fully saturated rings. The summed E-state index contributed by atoms with van der Waals surface area (Å²) in [7, 11) is 0. The molecule has 0 radical (unpaired) electrons. The Balaban J connectivity index is 2.09. The zero-order valence-corrected chi connectivity index (χ0v) is 18.7. The summed E-state index contributed by atoms with van der Waals surface area (Å²) in [6.07, 6.45) is 3.57. The summed E-state index contributed by atoms with van der Waals surface area (Å²) in [5, 5.41) is 0. The Labute approximate surface area is 181 Å². The topological polar surface area (TPSA) is 65.1 Å². The van der Waals surface area contributed by atoms with Gasteiger partial charge in [0.05, 0.1) is 31.1 Å². The lowest BCUT2D eigenvalue weighted by molar-refractivity contribution is -0.143. The van der Waals surface area contributed by atoms with Crippen LogP contribution in [0.25, 0.3) is 6.08 Å². The fraction of sp³-hybridized carbons (Fsp3) is 0.476. The van der Waals surface area contributed by atoms with E-state index in [9.17, 15) is 9.59 Å². The van der Waals surface area contributed by atoms with Gasteiger partial charge in [0.25, 0.3) is 5.91 Å². The largest absolute Gasteiger partial charge is 0.490 e. The highest BCUT2D eigenvalue weighted by Gasteiger charge is 2.32. The quantitative estimate of drug-likeness (QED) is 0.288. The molecule has 0 unspecified atom stereocenters. The van der Waals surface area contributed by atoms with Gasteiger partial charge in [-0.2, -0.15) is 0 Å². The van der Waals surface area contributed by atoms with E-state index < -0.39 is 0 Å². The zero-order chi connectivity index (χ0) is 21.2. The van der Waals surface area contributed by atoms with E-state index in [-0.39, 0.29) is 24.8 Å². The summed E-state index contributed by atoms with van der Waals surface area (Å²) in [4.78, 5) is 26.4. The predicted octanol–water partition coefficient (Wildman–Crippen LogP) is 4.42. The first-order valence-corrected chi connectivity index (χ1v) is 11.0. The number of amides is 1. The summed E-state index contributed by atoms with van der Waals surface area (Å²) in [6.45, 7) is 7.61. The molecule has 6 nitrogen and oxygen atoms in total. The maximum atomic E-state index is 12.7. The maximum Gasteiger partial charge on any atom is 0.307 e. The number of esters is 1. The molecule has 0 N–H and O–H groups in total. The highest BCUT2D eigenvalue weighted by molar-refractivity contribution is 8.26. The van der Waals surface area contributed by atoms with Gasteiger partial charge in [-0.15, -0.1) is 0 Å². The minimum atomic E-state index is -0.325. The van der Waals surface area contributed by atoms with Crippen molar-refractivity contribution >= 4 is 46.3 Å². The van der Waals surface area contributed by atoms with Gasteiger partial charge >= 0.3 is 5.97 Å². The third-order valence-corrected chi connectivity index (χ3v) is 5.29. The van der Waals surface area contributed by atoms with Crippen LogP contribution in [0, 0.1) is 0 Å². The van der Waals surface area contributed by atoms with E-state index in [1.165, 1.54) is 16.7 Å². The van der Waals surface area contributed by atoms with Crippen LogP contribution in [0.5, 0.6) is 11.5 Å². The fourth-order valence-electron chi connectivity index (χ4n) is 2.55. The van der Waals surface area contributed by atoms with Crippen molar-refractivity contribution in [3.8, 4) is 11.5 Å². The molecule has 0 aliphatic carbocycles. The van der Waals surface area contributed by atoms with E-state index in [1.54, 1.807) is 6.08 Å². The lowest BCUT2D eigenvalue weighted by Gasteiger charge is -2.13. The number of thiocarbonyl (C=S) groups is 1. The molecule has 1 aliphatic rings. The molecule has 8 heteroatoms. The van der Waals surface area contributed by atoms with Gasteiger partial charge < -0.3 is 14.2 Å². The van der Waals surface area contributed by atoms with Gasteiger partial charge in [0, 0.05) is 6.54 Å². The molecule has 1 aliphatic heterocycles. The molecule has 1 heterocycles. The second-order valence-corrected chi connectivity index (χ2v) is 7.97. The summed E-state index contributed by atoms with van der Waals surface area (Å²) in [5.41, 5.74) is 0.820. The van der Waals surface area contributed by atoms with Crippen molar-refractivity contribution in [3.05, 3.63) is 28.7 Å². The van der Waals surface area contributed by atoms with Gasteiger partial charge in [0.2, 0.25) is 0 Å². The Kier molecular flexibility index (Phi) is 9.47. The van der Waals surface area contributed by atoms with Gasteiger partial charge in [-0.05, 0) is 43.5 Å². The van der Waals surface area contributed by atoms with Gasteiger partial charge in [-0.3, -0.25) is 14.5 Å². The first-order chi connectivity index (χ1) is 14.0. The number of benzene rings is 1. The molecule has 1 saturated heterocycles. The second kappa shape index (κ2) is 11.8. The van der Waals surface area contributed by atoms with Gasteiger partial charge in [-0.1, -0.05) is 43.9 Å². The predicted molar refractivity (Wildman–Crippen MR) is 119 cm³/mol. The number of nitrogens with zero attached hydrogens (tertiary/aromatic N) is 1. The molecule has 0 aromatic heterocycles. The number of rotatable bonds is 11. The van der Waals surface area contributed by atoms with Crippen LogP contribution in [0.4, 0.5) is 0 Å². The molecule has 1 amide bonds. The third-order valence-electron chi connectivity index (χ3n) is 3.91. The van der Waals surface area contributed by atoms with E-state index in [4.69, 9.17) is 26.4 Å². The monoisotopic (exact) mass is 437 g/mol. The van der Waals surface area contributed by atoms with Crippen molar-refractivity contribution < 1.29 is 23.8 Å². The van der Waals surface area contributed by atoms with Crippen molar-refractivity contribution in [2.24, 2.45) is 0 Å². The van der Waals surface area contributed by atoms with Gasteiger partial charge in [0.15, 0.2) is 11.5 Å². The number of hydrogen-bond donors (Lipinski definition) is 0. The molecule has 158 valence electrons. The molecular formula is C21H27NO5S2. The van der Waals surface area contributed by atoms with E-state index in [0.717, 1.165) is 18.4 Å². The average molecular weight is 438 g/mol. The molecule has 1 aromatic carbocycles. The number of ether oxygens (including phenoxy) is 3. The van der Waals surface area contributed by atoms with Crippen LogP contribution < -0.4 is 9.47 Å². The van der Waals surface area contributed by atoms with Crippen LogP contribution in [-0.2, 0) is 14.3 Å². The fourth-order valence-corrected chi connectivity index (χ4v) is 3.86. The van der Waals surface area contributed by atoms with Crippen molar-refractivity contribution in [1.82, 2.24) is 4.90 Å². The molecule has 1 aromatic rings. The molecule has 0 atom stereocenters. The Morgan fingerprint density at radius 3 is 2.59 bits per heavy atom. The van der Waals surface area contributed by atoms with Crippen molar-refractivity contribution in [2.75, 3.05) is 26.4 Å². The van der Waals surface area contributed by atoms with E-state index in [0.29, 0.717) is 40.5 Å². The SMILES string of the molecule is CCCOC(=O)CCN1C(=O)/C(=C/c2ccc(OCCC)c(OCC)c2)SC1=S.